The molecule has 0 radical (unpaired) electrons. The first-order valence-electron chi connectivity index (χ1n) is 4.68. The van der Waals surface area contributed by atoms with E-state index >= 15 is 0 Å². The second kappa shape index (κ2) is 5.27. The molecule has 0 aliphatic rings. The maximum atomic E-state index is 13.7. The molecule has 0 fully saturated rings. The SMILES string of the molecule is CC(=O)Oc1cc(C)c(F)c(OC(C)=O)c1Br. The van der Waals surface area contributed by atoms with E-state index in [0.717, 1.165) is 6.92 Å². The predicted octanol–water partition coefficient (Wildman–Crippen LogP) is 2.75. The Balaban J connectivity index is 3.31. The van der Waals surface area contributed by atoms with Gasteiger partial charge in [-0.25, -0.2) is 4.39 Å². The van der Waals surface area contributed by atoms with Crippen LogP contribution in [0.1, 0.15) is 19.4 Å². The van der Waals surface area contributed by atoms with E-state index in [9.17, 15) is 14.0 Å². The van der Waals surface area contributed by atoms with Crippen molar-refractivity contribution < 1.29 is 23.5 Å². The van der Waals surface area contributed by atoms with Crippen molar-refractivity contribution >= 4 is 27.9 Å². The maximum Gasteiger partial charge on any atom is 0.308 e. The molecule has 4 nitrogen and oxygen atoms in total. The van der Waals surface area contributed by atoms with Gasteiger partial charge in [0.25, 0.3) is 0 Å². The second-order valence-corrected chi connectivity index (χ2v) is 4.13. The van der Waals surface area contributed by atoms with Crippen LogP contribution in [-0.4, -0.2) is 11.9 Å². The number of benzene rings is 1. The lowest BCUT2D eigenvalue weighted by atomic mass is 10.2. The van der Waals surface area contributed by atoms with Gasteiger partial charge in [0, 0.05) is 13.8 Å². The van der Waals surface area contributed by atoms with Crippen LogP contribution >= 0.6 is 15.9 Å². The number of ether oxygens (including phenoxy) is 2. The molecule has 0 spiro atoms. The third-order valence-electron chi connectivity index (χ3n) is 1.81. The summed E-state index contributed by atoms with van der Waals surface area (Å²) >= 11 is 3.03. The van der Waals surface area contributed by atoms with Crippen molar-refractivity contribution in [3.8, 4) is 11.5 Å². The van der Waals surface area contributed by atoms with Crippen molar-refractivity contribution in [3.63, 3.8) is 0 Å². The molecule has 1 aromatic carbocycles. The predicted molar refractivity (Wildman–Crippen MR) is 61.5 cm³/mol. The highest BCUT2D eigenvalue weighted by Gasteiger charge is 2.19. The molecule has 0 aromatic heterocycles. The van der Waals surface area contributed by atoms with Crippen LogP contribution < -0.4 is 9.47 Å². The lowest BCUT2D eigenvalue weighted by Crippen LogP contribution is -2.08. The Hall–Kier alpha value is -1.43. The van der Waals surface area contributed by atoms with Crippen molar-refractivity contribution in [2.75, 3.05) is 0 Å². The Morgan fingerprint density at radius 1 is 1.24 bits per heavy atom. The summed E-state index contributed by atoms with van der Waals surface area (Å²) in [5.74, 6) is -2.07. The van der Waals surface area contributed by atoms with Crippen LogP contribution in [0.4, 0.5) is 4.39 Å². The van der Waals surface area contributed by atoms with Crippen LogP contribution in [0.25, 0.3) is 0 Å². The standard InChI is InChI=1S/C11H10BrFO4/c1-5-4-8(16-6(2)14)9(12)11(10(5)13)17-7(3)15/h4H,1-3H3. The van der Waals surface area contributed by atoms with Crippen molar-refractivity contribution in [2.24, 2.45) is 0 Å². The second-order valence-electron chi connectivity index (χ2n) is 3.34. The lowest BCUT2D eigenvalue weighted by molar-refractivity contribution is -0.132. The topological polar surface area (TPSA) is 52.6 Å². The first-order valence-corrected chi connectivity index (χ1v) is 5.47. The zero-order valence-corrected chi connectivity index (χ0v) is 11.1. The average molecular weight is 305 g/mol. The third-order valence-corrected chi connectivity index (χ3v) is 2.56. The summed E-state index contributed by atoms with van der Waals surface area (Å²) in [5.41, 5.74) is 0.209. The van der Waals surface area contributed by atoms with Crippen molar-refractivity contribution in [1.82, 2.24) is 0 Å². The number of halogens is 2. The molecule has 0 atom stereocenters. The molecule has 0 bridgehead atoms. The van der Waals surface area contributed by atoms with Crippen LogP contribution in [0.2, 0.25) is 0 Å². The van der Waals surface area contributed by atoms with Gasteiger partial charge in [0.05, 0.1) is 0 Å². The van der Waals surface area contributed by atoms with E-state index in [1.165, 1.54) is 19.9 Å². The van der Waals surface area contributed by atoms with E-state index in [0.29, 0.717) is 0 Å². The largest absolute Gasteiger partial charge is 0.425 e. The fraction of sp³-hybridized carbons (Fsp3) is 0.273. The molecule has 0 aliphatic carbocycles. The molecule has 92 valence electrons. The lowest BCUT2D eigenvalue weighted by Gasteiger charge is -2.11. The van der Waals surface area contributed by atoms with Crippen molar-refractivity contribution in [1.29, 1.82) is 0 Å². The van der Waals surface area contributed by atoms with Crippen molar-refractivity contribution in [2.45, 2.75) is 20.8 Å². The summed E-state index contributed by atoms with van der Waals surface area (Å²) in [6, 6.07) is 1.34. The van der Waals surface area contributed by atoms with Crippen LogP contribution in [0.5, 0.6) is 11.5 Å². The highest BCUT2D eigenvalue weighted by molar-refractivity contribution is 9.10. The van der Waals surface area contributed by atoms with E-state index in [2.05, 4.69) is 15.9 Å². The molecule has 1 aromatic rings. The van der Waals surface area contributed by atoms with Gasteiger partial charge in [0.2, 0.25) is 0 Å². The Labute approximate surface area is 106 Å². The van der Waals surface area contributed by atoms with Crippen molar-refractivity contribution in [3.05, 3.63) is 21.9 Å². The maximum absolute atomic E-state index is 13.7. The summed E-state index contributed by atoms with van der Waals surface area (Å²) in [6.45, 7) is 3.85. The number of aryl methyl sites for hydroxylation is 1. The van der Waals surface area contributed by atoms with Gasteiger partial charge in [-0.2, -0.15) is 0 Å². The Kier molecular flexibility index (Phi) is 4.22. The van der Waals surface area contributed by atoms with Gasteiger partial charge in [-0.05, 0) is 34.5 Å². The highest BCUT2D eigenvalue weighted by atomic mass is 79.9. The Bertz CT molecular complexity index is 485. The van der Waals surface area contributed by atoms with Crippen LogP contribution in [0.15, 0.2) is 10.5 Å². The zero-order chi connectivity index (χ0) is 13.2. The van der Waals surface area contributed by atoms with Gasteiger partial charge in [0.15, 0.2) is 11.6 Å². The minimum absolute atomic E-state index is 0.0889. The summed E-state index contributed by atoms with van der Waals surface area (Å²) in [6.07, 6.45) is 0. The fourth-order valence-corrected chi connectivity index (χ4v) is 1.62. The van der Waals surface area contributed by atoms with E-state index in [1.807, 2.05) is 0 Å². The number of esters is 2. The third kappa shape index (κ3) is 3.26. The van der Waals surface area contributed by atoms with E-state index < -0.39 is 17.8 Å². The number of carbonyl (C=O) groups is 2. The first kappa shape index (κ1) is 13.6. The monoisotopic (exact) mass is 304 g/mol. The van der Waals surface area contributed by atoms with Gasteiger partial charge >= 0.3 is 11.9 Å². The molecule has 0 aliphatic heterocycles. The molecule has 0 N–H and O–H groups in total. The zero-order valence-electron chi connectivity index (χ0n) is 9.47. The van der Waals surface area contributed by atoms with Gasteiger partial charge in [0.1, 0.15) is 10.2 Å². The summed E-state index contributed by atoms with van der Waals surface area (Å²) in [5, 5.41) is 0. The fourth-order valence-electron chi connectivity index (χ4n) is 1.17. The molecule has 17 heavy (non-hydrogen) atoms. The molecule has 0 heterocycles. The molecule has 0 unspecified atom stereocenters. The minimum Gasteiger partial charge on any atom is -0.425 e. The van der Waals surface area contributed by atoms with Crippen LogP contribution in [-0.2, 0) is 9.59 Å². The molecule has 0 saturated heterocycles. The normalized spacial score (nSPS) is 9.94. The van der Waals surface area contributed by atoms with Gasteiger partial charge in [-0.1, -0.05) is 0 Å². The van der Waals surface area contributed by atoms with E-state index in [4.69, 9.17) is 9.47 Å². The molecule has 0 saturated carbocycles. The molecular weight excluding hydrogens is 295 g/mol. The quantitative estimate of drug-likeness (QED) is 0.623. The van der Waals surface area contributed by atoms with Gasteiger partial charge in [-0.15, -0.1) is 0 Å². The number of carbonyl (C=O) groups excluding carboxylic acids is 2. The number of hydrogen-bond donors (Lipinski definition) is 0. The first-order chi connectivity index (χ1) is 7.82. The Morgan fingerprint density at radius 2 is 1.76 bits per heavy atom. The van der Waals surface area contributed by atoms with Crippen LogP contribution in [0, 0.1) is 12.7 Å². The molecule has 1 rings (SSSR count). The number of rotatable bonds is 2. The number of hydrogen-bond acceptors (Lipinski definition) is 4. The summed E-state index contributed by atoms with van der Waals surface area (Å²) < 4.78 is 23.4. The highest BCUT2D eigenvalue weighted by Crippen LogP contribution is 2.38. The molecule has 6 heteroatoms. The van der Waals surface area contributed by atoms with Gasteiger partial charge < -0.3 is 9.47 Å². The van der Waals surface area contributed by atoms with Crippen LogP contribution in [0.3, 0.4) is 0 Å². The molecular formula is C11H10BrFO4. The minimum atomic E-state index is -0.678. The Morgan fingerprint density at radius 3 is 2.24 bits per heavy atom. The van der Waals surface area contributed by atoms with Gasteiger partial charge in [-0.3, -0.25) is 9.59 Å². The smallest absolute Gasteiger partial charge is 0.308 e. The summed E-state index contributed by atoms with van der Waals surface area (Å²) in [7, 11) is 0. The molecule has 0 amide bonds. The van der Waals surface area contributed by atoms with E-state index in [-0.39, 0.29) is 21.5 Å². The average Bonchev–Trinajstić information content (AvgIpc) is 2.20. The summed E-state index contributed by atoms with van der Waals surface area (Å²) in [4.78, 5) is 21.7. The van der Waals surface area contributed by atoms with E-state index in [1.54, 1.807) is 0 Å².